The number of nitrogens with zero attached hydrogens (tertiary/aromatic N) is 1. The molecule has 1 aromatic carbocycles. The van der Waals surface area contributed by atoms with Crippen LogP contribution in [0.15, 0.2) is 24.3 Å². The Morgan fingerprint density at radius 1 is 1.31 bits per heavy atom. The predicted octanol–water partition coefficient (Wildman–Crippen LogP) is 2.51. The van der Waals surface area contributed by atoms with E-state index in [2.05, 4.69) is 20.8 Å². The average molecular weight is 222 g/mol. The maximum Gasteiger partial charge on any atom is 0.269 e. The summed E-state index contributed by atoms with van der Waals surface area (Å²) in [5.41, 5.74) is 7.24. The van der Waals surface area contributed by atoms with Crippen LogP contribution in [0.4, 0.5) is 5.69 Å². The second-order valence-corrected chi connectivity index (χ2v) is 5.10. The molecule has 0 bridgehead atoms. The second kappa shape index (κ2) is 4.61. The van der Waals surface area contributed by atoms with Gasteiger partial charge in [0.05, 0.1) is 4.92 Å². The SMILES string of the molecule is CC(C)(C)C(N)Cc1ccc([N+](=O)[O-])cc1. The third-order valence-electron chi connectivity index (χ3n) is 2.72. The molecule has 0 saturated carbocycles. The van der Waals surface area contributed by atoms with Crippen molar-refractivity contribution in [2.24, 2.45) is 11.1 Å². The van der Waals surface area contributed by atoms with Crippen LogP contribution in [-0.4, -0.2) is 11.0 Å². The number of hydrogen-bond donors (Lipinski definition) is 1. The smallest absolute Gasteiger partial charge is 0.269 e. The zero-order valence-electron chi connectivity index (χ0n) is 9.93. The largest absolute Gasteiger partial charge is 0.327 e. The lowest BCUT2D eigenvalue weighted by molar-refractivity contribution is -0.384. The van der Waals surface area contributed by atoms with Crippen LogP contribution in [0.3, 0.4) is 0 Å². The van der Waals surface area contributed by atoms with E-state index in [-0.39, 0.29) is 17.1 Å². The Kier molecular flexibility index (Phi) is 3.65. The van der Waals surface area contributed by atoms with Gasteiger partial charge in [0.2, 0.25) is 0 Å². The van der Waals surface area contributed by atoms with Crippen LogP contribution < -0.4 is 5.73 Å². The van der Waals surface area contributed by atoms with Gasteiger partial charge in [0.15, 0.2) is 0 Å². The van der Waals surface area contributed by atoms with Crippen LogP contribution in [0.5, 0.6) is 0 Å². The summed E-state index contributed by atoms with van der Waals surface area (Å²) in [6, 6.07) is 6.62. The maximum atomic E-state index is 10.5. The zero-order valence-corrected chi connectivity index (χ0v) is 9.93. The summed E-state index contributed by atoms with van der Waals surface area (Å²) in [5.74, 6) is 0. The first kappa shape index (κ1) is 12.6. The van der Waals surface area contributed by atoms with E-state index in [1.807, 2.05) is 0 Å². The van der Waals surface area contributed by atoms with Crippen molar-refractivity contribution in [1.82, 2.24) is 0 Å². The Balaban J connectivity index is 2.73. The molecule has 0 spiro atoms. The first-order valence-electron chi connectivity index (χ1n) is 5.29. The average Bonchev–Trinajstić information content (AvgIpc) is 2.17. The topological polar surface area (TPSA) is 69.2 Å². The highest BCUT2D eigenvalue weighted by molar-refractivity contribution is 5.33. The summed E-state index contributed by atoms with van der Waals surface area (Å²) in [4.78, 5) is 10.1. The molecule has 0 amide bonds. The third-order valence-corrected chi connectivity index (χ3v) is 2.72. The van der Waals surface area contributed by atoms with Crippen molar-refractivity contribution in [1.29, 1.82) is 0 Å². The Hall–Kier alpha value is -1.42. The van der Waals surface area contributed by atoms with E-state index in [1.54, 1.807) is 12.1 Å². The van der Waals surface area contributed by atoms with E-state index < -0.39 is 4.92 Å². The van der Waals surface area contributed by atoms with Crippen LogP contribution in [0.25, 0.3) is 0 Å². The van der Waals surface area contributed by atoms with Gasteiger partial charge in [-0.2, -0.15) is 0 Å². The predicted molar refractivity (Wildman–Crippen MR) is 64.2 cm³/mol. The van der Waals surface area contributed by atoms with Gasteiger partial charge in [-0.15, -0.1) is 0 Å². The minimum absolute atomic E-state index is 0.0434. The molecule has 4 heteroatoms. The molecule has 0 fully saturated rings. The maximum absolute atomic E-state index is 10.5. The quantitative estimate of drug-likeness (QED) is 0.631. The monoisotopic (exact) mass is 222 g/mol. The molecule has 0 saturated heterocycles. The van der Waals surface area contributed by atoms with E-state index in [0.717, 1.165) is 12.0 Å². The molecule has 88 valence electrons. The van der Waals surface area contributed by atoms with E-state index in [9.17, 15) is 10.1 Å². The Bertz CT molecular complexity index is 366. The molecule has 1 aromatic rings. The minimum Gasteiger partial charge on any atom is -0.327 e. The standard InChI is InChI=1S/C12H18N2O2/c1-12(2,3)11(13)8-9-4-6-10(7-5-9)14(15)16/h4-7,11H,8,13H2,1-3H3. The van der Waals surface area contributed by atoms with Crippen molar-refractivity contribution in [3.8, 4) is 0 Å². The van der Waals surface area contributed by atoms with Crippen LogP contribution in [-0.2, 0) is 6.42 Å². The summed E-state index contributed by atoms with van der Waals surface area (Å²) in [5, 5.41) is 10.5. The summed E-state index contributed by atoms with van der Waals surface area (Å²) >= 11 is 0. The molecule has 0 radical (unpaired) electrons. The number of benzene rings is 1. The molecular formula is C12H18N2O2. The van der Waals surface area contributed by atoms with Gasteiger partial charge >= 0.3 is 0 Å². The molecule has 0 heterocycles. The molecule has 16 heavy (non-hydrogen) atoms. The lowest BCUT2D eigenvalue weighted by Crippen LogP contribution is -2.36. The third kappa shape index (κ3) is 3.31. The molecule has 1 rings (SSSR count). The van der Waals surface area contributed by atoms with Crippen molar-refractivity contribution in [2.45, 2.75) is 33.2 Å². The van der Waals surface area contributed by atoms with Crippen LogP contribution in [0.1, 0.15) is 26.3 Å². The molecule has 4 nitrogen and oxygen atoms in total. The van der Waals surface area contributed by atoms with Crippen molar-refractivity contribution < 1.29 is 4.92 Å². The lowest BCUT2D eigenvalue weighted by Gasteiger charge is -2.27. The van der Waals surface area contributed by atoms with Crippen molar-refractivity contribution in [3.05, 3.63) is 39.9 Å². The Morgan fingerprint density at radius 3 is 2.19 bits per heavy atom. The molecule has 1 atom stereocenters. The number of nitro benzene ring substituents is 1. The van der Waals surface area contributed by atoms with Crippen LogP contribution in [0, 0.1) is 15.5 Å². The molecule has 0 aliphatic carbocycles. The van der Waals surface area contributed by atoms with Crippen molar-refractivity contribution in [3.63, 3.8) is 0 Å². The van der Waals surface area contributed by atoms with Gasteiger partial charge in [-0.25, -0.2) is 0 Å². The molecule has 0 aliphatic heterocycles. The van der Waals surface area contributed by atoms with Crippen molar-refractivity contribution >= 4 is 5.69 Å². The van der Waals surface area contributed by atoms with Crippen LogP contribution in [0.2, 0.25) is 0 Å². The van der Waals surface area contributed by atoms with Gasteiger partial charge in [-0.3, -0.25) is 10.1 Å². The Morgan fingerprint density at radius 2 is 1.81 bits per heavy atom. The first-order valence-corrected chi connectivity index (χ1v) is 5.29. The summed E-state index contributed by atoms with van der Waals surface area (Å²) in [6.07, 6.45) is 0.738. The van der Waals surface area contributed by atoms with Gasteiger partial charge in [-0.05, 0) is 17.4 Å². The number of non-ortho nitro benzene ring substituents is 1. The van der Waals surface area contributed by atoms with Gasteiger partial charge in [0.1, 0.15) is 0 Å². The van der Waals surface area contributed by atoms with Gasteiger partial charge in [0.25, 0.3) is 5.69 Å². The Labute approximate surface area is 95.6 Å². The summed E-state index contributed by atoms with van der Waals surface area (Å²) < 4.78 is 0. The van der Waals surface area contributed by atoms with Gasteiger partial charge < -0.3 is 5.73 Å². The zero-order chi connectivity index (χ0) is 12.3. The fourth-order valence-electron chi connectivity index (χ4n) is 1.31. The number of nitro groups is 1. The number of hydrogen-bond acceptors (Lipinski definition) is 3. The van der Waals surface area contributed by atoms with Crippen LogP contribution >= 0.6 is 0 Å². The fourth-order valence-corrected chi connectivity index (χ4v) is 1.31. The highest BCUT2D eigenvalue weighted by Crippen LogP contribution is 2.21. The molecule has 2 N–H and O–H groups in total. The second-order valence-electron chi connectivity index (χ2n) is 5.10. The van der Waals surface area contributed by atoms with E-state index >= 15 is 0 Å². The minimum atomic E-state index is -0.395. The lowest BCUT2D eigenvalue weighted by atomic mass is 9.84. The van der Waals surface area contributed by atoms with E-state index in [0.29, 0.717) is 0 Å². The highest BCUT2D eigenvalue weighted by atomic mass is 16.6. The normalized spacial score (nSPS) is 13.5. The highest BCUT2D eigenvalue weighted by Gasteiger charge is 2.20. The molecule has 0 aromatic heterocycles. The summed E-state index contributed by atoms with van der Waals surface area (Å²) in [6.45, 7) is 6.26. The van der Waals surface area contributed by atoms with Crippen molar-refractivity contribution in [2.75, 3.05) is 0 Å². The molecule has 1 unspecified atom stereocenters. The number of rotatable bonds is 3. The van der Waals surface area contributed by atoms with Gasteiger partial charge in [0, 0.05) is 18.2 Å². The summed E-state index contributed by atoms with van der Waals surface area (Å²) in [7, 11) is 0. The molecular weight excluding hydrogens is 204 g/mol. The first-order chi connectivity index (χ1) is 7.30. The van der Waals surface area contributed by atoms with E-state index in [4.69, 9.17) is 5.73 Å². The molecule has 0 aliphatic rings. The fraction of sp³-hybridized carbons (Fsp3) is 0.500. The van der Waals surface area contributed by atoms with Gasteiger partial charge in [-0.1, -0.05) is 32.9 Å². The number of nitrogens with two attached hydrogens (primary N) is 1. The van der Waals surface area contributed by atoms with E-state index in [1.165, 1.54) is 12.1 Å².